The monoisotopic (exact) mass is 890 g/mol. The quantitative estimate of drug-likeness (QED) is 0.0281. The number of halogens is 3. The van der Waals surface area contributed by atoms with Crippen molar-refractivity contribution in [3.8, 4) is 0 Å². The molecule has 0 aliphatic carbocycles. The van der Waals surface area contributed by atoms with E-state index < -0.39 is 55.2 Å². The Labute approximate surface area is 371 Å². The molecule has 0 saturated carbocycles. The standard InChI is InChI=1S/C20H38F3NO4.C18H39NO3.C6H15N.C3H6O/c1-2-3-4-5-6-7-8-9-10-11-12-13-14-17(26)18(27)16(15-25)24-19(28)20(21,22)23;1-2-3-4-5-6-7-8-9-10-11-12-13-14-17(21)18(22)16(19)15-20;1-4-7(5-2)6-3;1-3(2)4/h16-18,25-27H,2-15H2,1H3,(H,24,28);16-18,20-22H,2-15,19H2,1H3;4-6H2,1-3H3;1-2H3/t2*16-,17+,18-;;/m00../s1. The molecule has 11 nitrogen and oxygen atoms in total. The van der Waals surface area contributed by atoms with Crippen LogP contribution in [0.4, 0.5) is 13.2 Å². The van der Waals surface area contributed by atoms with Gasteiger partial charge in [-0.25, -0.2) is 0 Å². The molecule has 370 valence electrons. The highest BCUT2D eigenvalue weighted by Gasteiger charge is 2.41. The van der Waals surface area contributed by atoms with Gasteiger partial charge < -0.3 is 51.4 Å². The summed E-state index contributed by atoms with van der Waals surface area (Å²) in [6.07, 6.45) is 20.0. The number of hydrogen-bond donors (Lipinski definition) is 8. The van der Waals surface area contributed by atoms with Crippen molar-refractivity contribution in [3.63, 3.8) is 0 Å². The zero-order valence-electron chi connectivity index (χ0n) is 40.0. The average molecular weight is 890 g/mol. The van der Waals surface area contributed by atoms with Crippen molar-refractivity contribution in [1.82, 2.24) is 10.2 Å². The molecule has 0 heterocycles. The van der Waals surface area contributed by atoms with Gasteiger partial charge in [-0.05, 0) is 46.3 Å². The van der Waals surface area contributed by atoms with Crippen molar-refractivity contribution in [1.29, 1.82) is 0 Å². The highest BCUT2D eigenvalue weighted by Crippen LogP contribution is 2.18. The summed E-state index contributed by atoms with van der Waals surface area (Å²) < 4.78 is 36.7. The topological polar surface area (TPSA) is 197 Å². The number of ketones is 1. The number of amides is 1. The number of unbranched alkanes of at least 4 members (excludes halogenated alkanes) is 22. The van der Waals surface area contributed by atoms with Gasteiger partial charge in [0.15, 0.2) is 0 Å². The third-order valence-electron chi connectivity index (χ3n) is 10.7. The molecule has 0 spiro atoms. The molecule has 0 bridgehead atoms. The van der Waals surface area contributed by atoms with Crippen LogP contribution in [0.1, 0.15) is 215 Å². The summed E-state index contributed by atoms with van der Waals surface area (Å²) in [5.74, 6) is -2.08. The van der Waals surface area contributed by atoms with E-state index in [9.17, 15) is 43.2 Å². The van der Waals surface area contributed by atoms with E-state index in [1.54, 1.807) is 0 Å². The minimum absolute atomic E-state index is 0.167. The summed E-state index contributed by atoms with van der Waals surface area (Å²) in [4.78, 5) is 22.7. The normalized spacial score (nSPS) is 14.3. The number of alkyl halides is 3. The van der Waals surface area contributed by atoms with E-state index in [4.69, 9.17) is 15.9 Å². The van der Waals surface area contributed by atoms with Crippen LogP contribution in [0.2, 0.25) is 0 Å². The molecule has 0 radical (unpaired) electrons. The Balaban J connectivity index is -0.000000433. The maximum absolute atomic E-state index is 12.2. The Morgan fingerprint density at radius 1 is 0.525 bits per heavy atom. The van der Waals surface area contributed by atoms with Crippen LogP contribution in [0.3, 0.4) is 0 Å². The predicted octanol–water partition coefficient (Wildman–Crippen LogP) is 8.90. The van der Waals surface area contributed by atoms with E-state index in [-0.39, 0.29) is 18.8 Å². The molecule has 0 aromatic rings. The maximum Gasteiger partial charge on any atom is 0.471 e. The fraction of sp³-hybridized carbons (Fsp3) is 0.957. The van der Waals surface area contributed by atoms with Crippen LogP contribution in [0, 0.1) is 0 Å². The average Bonchev–Trinajstić information content (AvgIpc) is 3.23. The number of carbonyl (C=O) groups is 2. The van der Waals surface area contributed by atoms with Gasteiger partial charge in [-0.2, -0.15) is 13.2 Å². The van der Waals surface area contributed by atoms with Gasteiger partial charge in [0.1, 0.15) is 11.9 Å². The third kappa shape index (κ3) is 47.9. The maximum atomic E-state index is 12.2. The lowest BCUT2D eigenvalue weighted by atomic mass is 9.99. The van der Waals surface area contributed by atoms with E-state index in [0.717, 1.165) is 32.1 Å². The summed E-state index contributed by atoms with van der Waals surface area (Å²) in [5.41, 5.74) is 5.49. The van der Waals surface area contributed by atoms with E-state index in [0.29, 0.717) is 12.8 Å². The largest absolute Gasteiger partial charge is 0.471 e. The molecular formula is C47H98F3N3O8. The van der Waals surface area contributed by atoms with Gasteiger partial charge in [0, 0.05) is 0 Å². The molecule has 6 atom stereocenters. The molecule has 61 heavy (non-hydrogen) atoms. The second kappa shape index (κ2) is 48.1. The van der Waals surface area contributed by atoms with Gasteiger partial charge in [0.05, 0.1) is 43.6 Å². The Kier molecular flexibility index (Phi) is 52.2. The molecular weight excluding hydrogens is 792 g/mol. The summed E-state index contributed by atoms with van der Waals surface area (Å²) in [5, 5.41) is 58.6. The van der Waals surface area contributed by atoms with Gasteiger partial charge >= 0.3 is 12.1 Å². The van der Waals surface area contributed by atoms with Crippen molar-refractivity contribution >= 4 is 11.7 Å². The second-order valence-electron chi connectivity index (χ2n) is 16.6. The number of nitrogens with one attached hydrogen (secondary N) is 1. The minimum Gasteiger partial charge on any atom is -0.395 e. The van der Waals surface area contributed by atoms with Crippen LogP contribution < -0.4 is 11.1 Å². The van der Waals surface area contributed by atoms with E-state index in [2.05, 4.69) is 39.5 Å². The summed E-state index contributed by atoms with van der Waals surface area (Å²) in [6, 6.07) is -2.30. The first-order valence-corrected chi connectivity index (χ1v) is 24.2. The SMILES string of the molecule is CC(C)=O.CCCCCCCCCCCCCC[C@@H](O)[C@@H](O)[C@@H](N)CO.CCCCCCCCCCCCCC[C@@H](O)[C@@H](O)[C@H](CO)NC(=O)C(F)(F)F.CCN(CC)CC. The molecule has 0 aromatic heterocycles. The van der Waals surface area contributed by atoms with Gasteiger partial charge in [-0.1, -0.05) is 189 Å². The minimum atomic E-state index is -5.10. The highest BCUT2D eigenvalue weighted by molar-refractivity contribution is 5.82. The second-order valence-corrected chi connectivity index (χ2v) is 16.6. The molecule has 0 aliphatic heterocycles. The van der Waals surface area contributed by atoms with Crippen LogP contribution in [0.15, 0.2) is 0 Å². The number of aliphatic hydroxyl groups excluding tert-OH is 6. The number of rotatable bonds is 36. The predicted molar refractivity (Wildman–Crippen MR) is 245 cm³/mol. The van der Waals surface area contributed by atoms with Gasteiger partial charge in [0.2, 0.25) is 0 Å². The first-order chi connectivity index (χ1) is 28.9. The van der Waals surface area contributed by atoms with E-state index in [1.807, 2.05) is 0 Å². The highest BCUT2D eigenvalue weighted by atomic mass is 19.4. The smallest absolute Gasteiger partial charge is 0.395 e. The van der Waals surface area contributed by atoms with E-state index >= 15 is 0 Å². The van der Waals surface area contributed by atoms with E-state index in [1.165, 1.54) is 154 Å². The fourth-order valence-electron chi connectivity index (χ4n) is 6.55. The van der Waals surface area contributed by atoms with Crippen molar-refractivity contribution < 1.29 is 53.4 Å². The van der Waals surface area contributed by atoms with Crippen molar-refractivity contribution in [2.24, 2.45) is 5.73 Å². The molecule has 0 unspecified atom stereocenters. The van der Waals surface area contributed by atoms with Gasteiger partial charge in [-0.15, -0.1) is 0 Å². The first-order valence-electron chi connectivity index (χ1n) is 24.2. The summed E-state index contributed by atoms with van der Waals surface area (Å²) in [6.45, 7) is 16.5. The molecule has 9 N–H and O–H groups in total. The molecule has 0 aromatic carbocycles. The lowest BCUT2D eigenvalue weighted by Crippen LogP contribution is -2.53. The molecule has 0 saturated heterocycles. The Bertz CT molecular complexity index is 909. The fourth-order valence-corrected chi connectivity index (χ4v) is 6.55. The number of nitrogens with zero attached hydrogens (tertiary/aromatic N) is 1. The Morgan fingerprint density at radius 3 is 1.03 bits per heavy atom. The summed E-state index contributed by atoms with van der Waals surface area (Å²) in [7, 11) is 0. The zero-order valence-corrected chi connectivity index (χ0v) is 40.0. The van der Waals surface area contributed by atoms with Gasteiger partial charge in [-0.3, -0.25) is 4.79 Å². The molecule has 0 fully saturated rings. The molecule has 0 rings (SSSR count). The van der Waals surface area contributed by atoms with Crippen LogP contribution in [0.25, 0.3) is 0 Å². The number of hydrogen-bond acceptors (Lipinski definition) is 10. The summed E-state index contributed by atoms with van der Waals surface area (Å²) >= 11 is 0. The lowest BCUT2D eigenvalue weighted by molar-refractivity contribution is -0.176. The number of nitrogens with two attached hydrogens (primary N) is 1. The van der Waals surface area contributed by atoms with Crippen molar-refractivity contribution in [3.05, 3.63) is 0 Å². The van der Waals surface area contributed by atoms with Crippen LogP contribution >= 0.6 is 0 Å². The molecule has 14 heteroatoms. The van der Waals surface area contributed by atoms with Crippen molar-refractivity contribution in [2.75, 3.05) is 32.8 Å². The zero-order chi connectivity index (χ0) is 47.3. The number of Topliss-reactive ketones (excluding diaryl/α,β-unsaturated/α-hetero) is 1. The lowest BCUT2D eigenvalue weighted by Gasteiger charge is -2.26. The van der Waals surface area contributed by atoms with Crippen LogP contribution in [-0.4, -0.2) is 123 Å². The number of aliphatic hydroxyl groups is 6. The number of carbonyl (C=O) groups excluding carboxylic acids is 2. The van der Waals surface area contributed by atoms with Gasteiger partial charge in [0.25, 0.3) is 0 Å². The third-order valence-corrected chi connectivity index (χ3v) is 10.7. The Hall–Kier alpha value is -1.39. The molecule has 0 aliphatic rings. The molecule has 1 amide bonds. The van der Waals surface area contributed by atoms with Crippen LogP contribution in [0.5, 0.6) is 0 Å². The van der Waals surface area contributed by atoms with Crippen LogP contribution in [-0.2, 0) is 9.59 Å². The first kappa shape index (κ1) is 66.2. The van der Waals surface area contributed by atoms with Crippen molar-refractivity contribution in [2.45, 2.75) is 258 Å². The Morgan fingerprint density at radius 2 is 0.803 bits per heavy atom.